The van der Waals surface area contributed by atoms with Crippen LogP contribution in [0.25, 0.3) is 12.2 Å². The van der Waals surface area contributed by atoms with E-state index in [1.807, 2.05) is 0 Å². The molecule has 0 aromatic heterocycles. The van der Waals surface area contributed by atoms with Crippen molar-refractivity contribution < 1.29 is 19.1 Å². The highest BCUT2D eigenvalue weighted by Gasteiger charge is 2.03. The minimum absolute atomic E-state index is 0.117. The molecule has 22 heavy (non-hydrogen) atoms. The van der Waals surface area contributed by atoms with Crippen LogP contribution < -0.4 is 0 Å². The number of hydrogen-bond donors (Lipinski definition) is 0. The van der Waals surface area contributed by atoms with Crippen molar-refractivity contribution in [3.8, 4) is 12.1 Å². The summed E-state index contributed by atoms with van der Waals surface area (Å²) in [7, 11) is 0. The van der Waals surface area contributed by atoms with E-state index in [1.165, 1.54) is 26.0 Å². The van der Waals surface area contributed by atoms with Crippen molar-refractivity contribution in [2.24, 2.45) is 0 Å². The molecule has 0 saturated heterocycles. The molecule has 6 heteroatoms. The van der Waals surface area contributed by atoms with E-state index in [1.54, 1.807) is 36.4 Å². The van der Waals surface area contributed by atoms with Gasteiger partial charge in [0.25, 0.3) is 0 Å². The summed E-state index contributed by atoms with van der Waals surface area (Å²) in [5.41, 5.74) is 1.28. The first kappa shape index (κ1) is 16.7. The van der Waals surface area contributed by atoms with E-state index in [2.05, 4.69) is 0 Å². The molecule has 0 N–H and O–H groups in total. The molecule has 1 rings (SSSR count). The van der Waals surface area contributed by atoms with Gasteiger partial charge in [-0.3, -0.25) is 9.59 Å². The molecule has 0 radical (unpaired) electrons. The highest BCUT2D eigenvalue weighted by molar-refractivity contribution is 5.71. The van der Waals surface area contributed by atoms with E-state index >= 15 is 0 Å². The number of ether oxygens (including phenoxy) is 2. The van der Waals surface area contributed by atoms with Crippen LogP contribution in [0.4, 0.5) is 0 Å². The zero-order valence-electron chi connectivity index (χ0n) is 12.0. The fraction of sp³-hybridized carbons (Fsp3) is 0.125. The zero-order valence-corrected chi connectivity index (χ0v) is 12.0. The summed E-state index contributed by atoms with van der Waals surface area (Å²) >= 11 is 0. The SMILES string of the molecule is CC(=O)O/C(C#N)=C/c1ccc(/C=C(\C#N)OC(C)=O)cc1. The Balaban J connectivity index is 2.96. The van der Waals surface area contributed by atoms with Gasteiger partial charge >= 0.3 is 11.9 Å². The summed E-state index contributed by atoms with van der Waals surface area (Å²) in [5, 5.41) is 17.7. The molecule has 0 aliphatic carbocycles. The van der Waals surface area contributed by atoms with Crippen LogP contribution in [0.15, 0.2) is 35.8 Å². The van der Waals surface area contributed by atoms with E-state index in [0.717, 1.165) is 0 Å². The second-order valence-corrected chi connectivity index (χ2v) is 4.09. The average molecular weight is 296 g/mol. The van der Waals surface area contributed by atoms with Gasteiger partial charge in [-0.25, -0.2) is 0 Å². The molecule has 0 fully saturated rings. The van der Waals surface area contributed by atoms with Gasteiger partial charge in [-0.2, -0.15) is 10.5 Å². The third-order valence-corrected chi connectivity index (χ3v) is 2.26. The highest BCUT2D eigenvalue weighted by atomic mass is 16.5. The van der Waals surface area contributed by atoms with Gasteiger partial charge in [-0.05, 0) is 23.3 Å². The van der Waals surface area contributed by atoms with Crippen LogP contribution in [-0.2, 0) is 19.1 Å². The van der Waals surface area contributed by atoms with Crippen LogP contribution in [0.5, 0.6) is 0 Å². The molecule has 1 aromatic carbocycles. The summed E-state index contributed by atoms with van der Waals surface area (Å²) < 4.78 is 9.42. The van der Waals surface area contributed by atoms with Crippen LogP contribution in [0.1, 0.15) is 25.0 Å². The molecule has 0 heterocycles. The Morgan fingerprint density at radius 2 is 1.18 bits per heavy atom. The number of carbonyl (C=O) groups is 2. The number of rotatable bonds is 4. The molecule has 0 aliphatic rings. The first-order valence-corrected chi connectivity index (χ1v) is 6.15. The Hall–Kier alpha value is -3.38. The van der Waals surface area contributed by atoms with E-state index < -0.39 is 11.9 Å². The zero-order chi connectivity index (χ0) is 16.5. The van der Waals surface area contributed by atoms with Crippen molar-refractivity contribution in [3.05, 3.63) is 46.9 Å². The number of carbonyl (C=O) groups excluding carboxylic acids is 2. The Kier molecular flexibility index (Phi) is 6.09. The van der Waals surface area contributed by atoms with Crippen LogP contribution >= 0.6 is 0 Å². The summed E-state index contributed by atoms with van der Waals surface area (Å²) in [6, 6.07) is 10.2. The van der Waals surface area contributed by atoms with Gasteiger partial charge in [0.1, 0.15) is 12.1 Å². The maximum Gasteiger partial charge on any atom is 0.308 e. The fourth-order valence-electron chi connectivity index (χ4n) is 1.47. The maximum atomic E-state index is 10.8. The van der Waals surface area contributed by atoms with E-state index in [0.29, 0.717) is 11.1 Å². The number of hydrogen-bond acceptors (Lipinski definition) is 6. The molecule has 0 bridgehead atoms. The molecule has 0 amide bonds. The smallest absolute Gasteiger partial charge is 0.308 e. The second-order valence-electron chi connectivity index (χ2n) is 4.09. The van der Waals surface area contributed by atoms with Crippen LogP contribution in [0.3, 0.4) is 0 Å². The lowest BCUT2D eigenvalue weighted by atomic mass is 10.1. The standard InChI is InChI=1S/C16H12N2O4/c1-11(19)21-15(9-17)7-13-3-5-14(6-4-13)8-16(10-18)22-12(2)20/h3-8H,1-2H3/b15-7+,16-8+. The molecular formula is C16H12N2O4. The lowest BCUT2D eigenvalue weighted by Crippen LogP contribution is -1.97. The molecule has 1 aromatic rings. The van der Waals surface area contributed by atoms with Gasteiger partial charge < -0.3 is 9.47 Å². The van der Waals surface area contributed by atoms with Crippen molar-refractivity contribution in [1.29, 1.82) is 10.5 Å². The van der Waals surface area contributed by atoms with Gasteiger partial charge in [0.15, 0.2) is 0 Å². The summed E-state index contributed by atoms with van der Waals surface area (Å²) in [5.74, 6) is -1.39. The second kappa shape index (κ2) is 8.03. The molecular weight excluding hydrogens is 284 g/mol. The maximum absolute atomic E-state index is 10.8. The Bertz CT molecular complexity index is 653. The van der Waals surface area contributed by atoms with E-state index in [-0.39, 0.29) is 11.5 Å². The quantitative estimate of drug-likeness (QED) is 0.481. The third kappa shape index (κ3) is 5.72. The average Bonchev–Trinajstić information content (AvgIpc) is 2.46. The highest BCUT2D eigenvalue weighted by Crippen LogP contribution is 2.13. The minimum Gasteiger partial charge on any atom is -0.415 e. The topological polar surface area (TPSA) is 100 Å². The number of esters is 2. The number of allylic oxidation sites excluding steroid dienone is 2. The first-order valence-electron chi connectivity index (χ1n) is 6.15. The van der Waals surface area contributed by atoms with Crippen LogP contribution in [0.2, 0.25) is 0 Å². The monoisotopic (exact) mass is 296 g/mol. The van der Waals surface area contributed by atoms with Crippen molar-refractivity contribution in [1.82, 2.24) is 0 Å². The normalized spacial score (nSPS) is 11.1. The molecule has 0 atom stereocenters. The number of nitriles is 2. The van der Waals surface area contributed by atoms with Crippen molar-refractivity contribution in [2.75, 3.05) is 0 Å². The Morgan fingerprint density at radius 3 is 1.41 bits per heavy atom. The predicted octanol–water partition coefficient (Wildman–Crippen LogP) is 2.54. The molecule has 0 saturated carbocycles. The van der Waals surface area contributed by atoms with E-state index in [9.17, 15) is 9.59 Å². The van der Waals surface area contributed by atoms with Gasteiger partial charge in [-0.1, -0.05) is 24.3 Å². The first-order chi connectivity index (χ1) is 10.4. The van der Waals surface area contributed by atoms with Crippen molar-refractivity contribution >= 4 is 24.1 Å². The van der Waals surface area contributed by atoms with Gasteiger partial charge in [0.2, 0.25) is 11.5 Å². The van der Waals surface area contributed by atoms with Crippen LogP contribution in [-0.4, -0.2) is 11.9 Å². The summed E-state index contributed by atoms with van der Waals surface area (Å²) in [4.78, 5) is 21.6. The van der Waals surface area contributed by atoms with Gasteiger partial charge in [0.05, 0.1) is 0 Å². The molecule has 110 valence electrons. The van der Waals surface area contributed by atoms with Crippen molar-refractivity contribution in [2.45, 2.75) is 13.8 Å². The van der Waals surface area contributed by atoms with Gasteiger partial charge in [-0.15, -0.1) is 0 Å². The largest absolute Gasteiger partial charge is 0.415 e. The van der Waals surface area contributed by atoms with Gasteiger partial charge in [0, 0.05) is 13.8 Å². The van der Waals surface area contributed by atoms with Crippen LogP contribution in [0, 0.1) is 22.7 Å². The fourth-order valence-corrected chi connectivity index (χ4v) is 1.47. The molecule has 6 nitrogen and oxygen atoms in total. The third-order valence-electron chi connectivity index (χ3n) is 2.26. The molecule has 0 unspecified atom stereocenters. The summed E-state index contributed by atoms with van der Waals surface area (Å²) in [6.07, 6.45) is 2.82. The molecule has 0 aliphatic heterocycles. The Labute approximate surface area is 127 Å². The number of benzene rings is 1. The Morgan fingerprint density at radius 1 is 0.864 bits per heavy atom. The van der Waals surface area contributed by atoms with Crippen molar-refractivity contribution in [3.63, 3.8) is 0 Å². The lowest BCUT2D eigenvalue weighted by Gasteiger charge is -2.01. The van der Waals surface area contributed by atoms with E-state index in [4.69, 9.17) is 20.0 Å². The number of nitrogens with zero attached hydrogens (tertiary/aromatic N) is 2. The molecule has 0 spiro atoms. The summed E-state index contributed by atoms with van der Waals surface area (Å²) in [6.45, 7) is 2.41. The lowest BCUT2D eigenvalue weighted by molar-refractivity contribution is -0.137. The predicted molar refractivity (Wildman–Crippen MR) is 77.2 cm³/mol. The minimum atomic E-state index is -0.576.